The molecule has 0 bridgehead atoms. The molecule has 0 saturated heterocycles. The lowest BCUT2D eigenvalue weighted by Crippen LogP contribution is -2.33. The minimum Gasteiger partial charge on any atom is -0.361 e. The number of carbonyl (C=O) groups excluding carboxylic acids is 2. The molecular formula is C18H17N3O2. The average Bonchev–Trinajstić information content (AvgIpc) is 2.97. The van der Waals surface area contributed by atoms with Crippen molar-refractivity contribution in [1.82, 2.24) is 10.3 Å². The van der Waals surface area contributed by atoms with Crippen molar-refractivity contribution in [2.24, 2.45) is 0 Å². The van der Waals surface area contributed by atoms with Crippen LogP contribution in [0.5, 0.6) is 0 Å². The second kappa shape index (κ2) is 6.79. The number of benzene rings is 2. The maximum Gasteiger partial charge on any atom is 0.243 e. The van der Waals surface area contributed by atoms with Gasteiger partial charge in [-0.2, -0.15) is 0 Å². The van der Waals surface area contributed by atoms with Crippen LogP contribution in [0.4, 0.5) is 5.69 Å². The summed E-state index contributed by atoms with van der Waals surface area (Å²) < 4.78 is 0. The van der Waals surface area contributed by atoms with Gasteiger partial charge in [0.25, 0.3) is 0 Å². The number of anilines is 1. The number of nitrogens with one attached hydrogen (secondary N) is 3. The monoisotopic (exact) mass is 307 g/mol. The van der Waals surface area contributed by atoms with E-state index < -0.39 is 0 Å². The van der Waals surface area contributed by atoms with Gasteiger partial charge >= 0.3 is 0 Å². The zero-order valence-electron chi connectivity index (χ0n) is 12.5. The van der Waals surface area contributed by atoms with Crippen LogP contribution in [0.2, 0.25) is 0 Å². The van der Waals surface area contributed by atoms with E-state index >= 15 is 0 Å². The Morgan fingerprint density at radius 2 is 1.65 bits per heavy atom. The van der Waals surface area contributed by atoms with Crippen molar-refractivity contribution in [2.75, 3.05) is 11.9 Å². The van der Waals surface area contributed by atoms with Crippen LogP contribution in [-0.2, 0) is 16.0 Å². The summed E-state index contributed by atoms with van der Waals surface area (Å²) >= 11 is 0. The Morgan fingerprint density at radius 3 is 2.48 bits per heavy atom. The Bertz CT molecular complexity index is 824. The van der Waals surface area contributed by atoms with E-state index in [4.69, 9.17) is 0 Å². The standard InChI is InChI=1S/C18H17N3O2/c22-17(10-13-11-19-16-9-5-4-8-15(13)16)20-12-18(23)21-14-6-2-1-3-7-14/h1-9,11,19H,10,12H2,(H,20,22)(H,21,23). The van der Waals surface area contributed by atoms with Crippen LogP contribution >= 0.6 is 0 Å². The van der Waals surface area contributed by atoms with E-state index in [1.54, 1.807) is 12.1 Å². The van der Waals surface area contributed by atoms with Gasteiger partial charge in [-0.25, -0.2) is 0 Å². The molecule has 3 aromatic rings. The topological polar surface area (TPSA) is 74.0 Å². The number of carbonyl (C=O) groups is 2. The molecule has 0 aliphatic rings. The van der Waals surface area contributed by atoms with Crippen LogP contribution < -0.4 is 10.6 Å². The van der Waals surface area contributed by atoms with Crippen LogP contribution in [0.15, 0.2) is 60.8 Å². The molecule has 5 nitrogen and oxygen atoms in total. The molecule has 0 spiro atoms. The first-order chi connectivity index (χ1) is 11.2. The van der Waals surface area contributed by atoms with E-state index in [2.05, 4.69) is 15.6 Å². The summed E-state index contributed by atoms with van der Waals surface area (Å²) in [6, 6.07) is 17.0. The molecule has 0 unspecified atom stereocenters. The summed E-state index contributed by atoms with van der Waals surface area (Å²) in [4.78, 5) is 26.9. The van der Waals surface area contributed by atoms with Crippen molar-refractivity contribution >= 4 is 28.4 Å². The minimum atomic E-state index is -0.247. The fourth-order valence-corrected chi connectivity index (χ4v) is 2.42. The number of hydrogen-bond donors (Lipinski definition) is 3. The molecule has 116 valence electrons. The molecule has 3 rings (SSSR count). The molecule has 0 atom stereocenters. The van der Waals surface area contributed by atoms with Crippen molar-refractivity contribution in [3.05, 3.63) is 66.4 Å². The van der Waals surface area contributed by atoms with Crippen molar-refractivity contribution in [3.8, 4) is 0 Å². The normalized spacial score (nSPS) is 10.4. The second-order valence-corrected chi connectivity index (χ2v) is 5.23. The van der Waals surface area contributed by atoms with Crippen LogP contribution in [0.25, 0.3) is 10.9 Å². The fourth-order valence-electron chi connectivity index (χ4n) is 2.42. The summed E-state index contributed by atoms with van der Waals surface area (Å²) in [5.41, 5.74) is 2.63. The molecule has 0 aliphatic carbocycles. The Kier molecular flexibility index (Phi) is 4.38. The molecule has 0 aliphatic heterocycles. The lowest BCUT2D eigenvalue weighted by Gasteiger charge is -2.06. The third-order valence-electron chi connectivity index (χ3n) is 3.53. The third kappa shape index (κ3) is 3.77. The molecule has 23 heavy (non-hydrogen) atoms. The quantitative estimate of drug-likeness (QED) is 0.677. The summed E-state index contributed by atoms with van der Waals surface area (Å²) in [7, 11) is 0. The van der Waals surface area contributed by atoms with Crippen LogP contribution in [-0.4, -0.2) is 23.3 Å². The lowest BCUT2D eigenvalue weighted by atomic mass is 10.1. The van der Waals surface area contributed by atoms with Gasteiger partial charge in [0, 0.05) is 22.8 Å². The van der Waals surface area contributed by atoms with Gasteiger partial charge in [0.1, 0.15) is 0 Å². The highest BCUT2D eigenvalue weighted by molar-refractivity contribution is 5.95. The summed E-state index contributed by atoms with van der Waals surface area (Å²) in [6.45, 7) is -0.0456. The molecule has 2 amide bonds. The highest BCUT2D eigenvalue weighted by atomic mass is 16.2. The fraction of sp³-hybridized carbons (Fsp3) is 0.111. The van der Waals surface area contributed by atoms with E-state index in [-0.39, 0.29) is 24.8 Å². The van der Waals surface area contributed by atoms with Crippen LogP contribution in [0.1, 0.15) is 5.56 Å². The van der Waals surface area contributed by atoms with E-state index in [1.807, 2.05) is 48.7 Å². The molecule has 0 saturated carbocycles. The lowest BCUT2D eigenvalue weighted by molar-refractivity contribution is -0.123. The molecule has 3 N–H and O–H groups in total. The Hall–Kier alpha value is -3.08. The number of aromatic nitrogens is 1. The van der Waals surface area contributed by atoms with Gasteiger partial charge in [-0.1, -0.05) is 36.4 Å². The predicted molar refractivity (Wildman–Crippen MR) is 90.1 cm³/mol. The number of hydrogen-bond acceptors (Lipinski definition) is 2. The first-order valence-electron chi connectivity index (χ1n) is 7.39. The Balaban J connectivity index is 1.52. The van der Waals surface area contributed by atoms with E-state index in [0.29, 0.717) is 5.69 Å². The second-order valence-electron chi connectivity index (χ2n) is 5.23. The summed E-state index contributed by atoms with van der Waals surface area (Å²) in [5, 5.41) is 6.39. The minimum absolute atomic E-state index is 0.0456. The molecule has 1 heterocycles. The van der Waals surface area contributed by atoms with Crippen molar-refractivity contribution < 1.29 is 9.59 Å². The first kappa shape index (κ1) is 14.8. The van der Waals surface area contributed by atoms with Gasteiger partial charge in [-0.3, -0.25) is 9.59 Å². The highest BCUT2D eigenvalue weighted by Crippen LogP contribution is 2.17. The Morgan fingerprint density at radius 1 is 0.913 bits per heavy atom. The van der Waals surface area contributed by atoms with Gasteiger partial charge in [-0.15, -0.1) is 0 Å². The zero-order chi connectivity index (χ0) is 16.1. The largest absolute Gasteiger partial charge is 0.361 e. The molecule has 2 aromatic carbocycles. The predicted octanol–water partition coefficient (Wildman–Crippen LogP) is 2.47. The maximum atomic E-state index is 12.0. The van der Waals surface area contributed by atoms with Gasteiger partial charge in [0.05, 0.1) is 13.0 Å². The molecule has 5 heteroatoms. The van der Waals surface area contributed by atoms with Crippen molar-refractivity contribution in [2.45, 2.75) is 6.42 Å². The van der Waals surface area contributed by atoms with Gasteiger partial charge < -0.3 is 15.6 Å². The SMILES string of the molecule is O=C(Cc1c[nH]c2ccccc12)NCC(=O)Nc1ccccc1. The highest BCUT2D eigenvalue weighted by Gasteiger charge is 2.10. The Labute approximate surface area is 133 Å². The zero-order valence-corrected chi connectivity index (χ0v) is 12.5. The number of aromatic amines is 1. The number of fused-ring (bicyclic) bond motifs is 1. The molecule has 0 radical (unpaired) electrons. The van der Waals surface area contributed by atoms with E-state index in [1.165, 1.54) is 0 Å². The maximum absolute atomic E-state index is 12.0. The summed E-state index contributed by atoms with van der Waals surface area (Å²) in [5.74, 6) is -0.429. The smallest absolute Gasteiger partial charge is 0.243 e. The van der Waals surface area contributed by atoms with Crippen molar-refractivity contribution in [1.29, 1.82) is 0 Å². The van der Waals surface area contributed by atoms with Crippen LogP contribution in [0.3, 0.4) is 0 Å². The van der Waals surface area contributed by atoms with E-state index in [0.717, 1.165) is 16.5 Å². The van der Waals surface area contributed by atoms with Gasteiger partial charge in [-0.05, 0) is 23.8 Å². The average molecular weight is 307 g/mol. The van der Waals surface area contributed by atoms with E-state index in [9.17, 15) is 9.59 Å². The molecule has 0 fully saturated rings. The third-order valence-corrected chi connectivity index (χ3v) is 3.53. The number of H-pyrrole nitrogens is 1. The van der Waals surface area contributed by atoms with Gasteiger partial charge in [0.2, 0.25) is 11.8 Å². The molecule has 1 aromatic heterocycles. The number of amides is 2. The van der Waals surface area contributed by atoms with Gasteiger partial charge in [0.15, 0.2) is 0 Å². The number of para-hydroxylation sites is 2. The van der Waals surface area contributed by atoms with Crippen LogP contribution in [0, 0.1) is 0 Å². The summed E-state index contributed by atoms with van der Waals surface area (Å²) in [6.07, 6.45) is 2.07. The first-order valence-corrected chi connectivity index (χ1v) is 7.39. The molecular weight excluding hydrogens is 290 g/mol. The number of rotatable bonds is 5. The van der Waals surface area contributed by atoms with Crippen molar-refractivity contribution in [3.63, 3.8) is 0 Å².